The lowest BCUT2D eigenvalue weighted by Gasteiger charge is -2.30. The number of halogens is 1. The molecule has 0 amide bonds. The average Bonchev–Trinajstić information content (AvgIpc) is 3.06. The number of fused-ring (bicyclic) bond motifs is 6. The van der Waals surface area contributed by atoms with Crippen molar-refractivity contribution in [1.82, 2.24) is 9.38 Å². The summed E-state index contributed by atoms with van der Waals surface area (Å²) in [6, 6.07) is 9.35. The van der Waals surface area contributed by atoms with E-state index in [1.807, 2.05) is 28.9 Å². The quantitative estimate of drug-likeness (QED) is 0.626. The van der Waals surface area contributed by atoms with Crippen LogP contribution in [-0.4, -0.2) is 22.0 Å². The van der Waals surface area contributed by atoms with Gasteiger partial charge in [-0.05, 0) is 55.5 Å². The monoisotopic (exact) mass is 351 g/mol. The van der Waals surface area contributed by atoms with E-state index in [1.54, 1.807) is 12.1 Å². The van der Waals surface area contributed by atoms with Gasteiger partial charge in [0, 0.05) is 29.6 Å². The molecule has 0 spiro atoms. The highest BCUT2D eigenvalue weighted by Gasteiger charge is 2.23. The highest BCUT2D eigenvalue weighted by atomic mass is 19.1. The molecule has 0 saturated heterocycles. The zero-order valence-corrected chi connectivity index (χ0v) is 14.6. The number of hydrogen-bond acceptors (Lipinski definition) is 3. The maximum absolute atomic E-state index is 14.5. The molecule has 3 heterocycles. The molecule has 2 aromatic heterocycles. The Labute approximate surface area is 152 Å². The van der Waals surface area contributed by atoms with Gasteiger partial charge in [0.25, 0.3) is 0 Å². The molecule has 1 unspecified atom stereocenters. The van der Waals surface area contributed by atoms with Gasteiger partial charge in [-0.15, -0.1) is 0 Å². The number of hydrogen-bond donors (Lipinski definition) is 1. The number of aromatic nitrogens is 2. The van der Waals surface area contributed by atoms with Crippen molar-refractivity contribution >= 4 is 11.5 Å². The van der Waals surface area contributed by atoms with Crippen molar-refractivity contribution in [3.63, 3.8) is 0 Å². The summed E-state index contributed by atoms with van der Waals surface area (Å²) in [6.45, 7) is 0.678. The van der Waals surface area contributed by atoms with Crippen LogP contribution in [0, 0.1) is 11.7 Å². The summed E-state index contributed by atoms with van der Waals surface area (Å²) in [5.41, 5.74) is 2.08. The predicted molar refractivity (Wildman–Crippen MR) is 100 cm³/mol. The molecule has 134 valence electrons. The second kappa shape index (κ2) is 6.31. The van der Waals surface area contributed by atoms with Crippen LogP contribution in [0.2, 0.25) is 0 Å². The number of nitrogens with zero attached hydrogens (tertiary/aromatic N) is 2. The second-order valence-electron chi connectivity index (χ2n) is 7.43. The van der Waals surface area contributed by atoms with Gasteiger partial charge in [0.05, 0.1) is 6.61 Å². The van der Waals surface area contributed by atoms with E-state index < -0.39 is 0 Å². The van der Waals surface area contributed by atoms with E-state index in [1.165, 1.54) is 25.3 Å². The van der Waals surface area contributed by atoms with Gasteiger partial charge in [-0.3, -0.25) is 0 Å². The van der Waals surface area contributed by atoms with Crippen LogP contribution in [-0.2, 0) is 0 Å². The predicted octanol–water partition coefficient (Wildman–Crippen LogP) is 4.89. The Kier molecular flexibility index (Phi) is 3.80. The first-order valence-corrected chi connectivity index (χ1v) is 9.43. The molecule has 5 rings (SSSR count). The Morgan fingerprint density at radius 1 is 1.08 bits per heavy atom. The van der Waals surface area contributed by atoms with Crippen LogP contribution in [0.3, 0.4) is 0 Å². The molecular weight excluding hydrogens is 329 g/mol. The van der Waals surface area contributed by atoms with Crippen molar-refractivity contribution < 1.29 is 9.13 Å². The van der Waals surface area contributed by atoms with Crippen LogP contribution < -0.4 is 10.1 Å². The summed E-state index contributed by atoms with van der Waals surface area (Å²) in [4.78, 5) is 4.79. The minimum Gasteiger partial charge on any atom is -0.494 e. The van der Waals surface area contributed by atoms with Crippen molar-refractivity contribution in [3.8, 4) is 16.9 Å². The molecule has 4 nitrogen and oxygen atoms in total. The molecule has 1 aliphatic carbocycles. The van der Waals surface area contributed by atoms with Crippen LogP contribution >= 0.6 is 0 Å². The lowest BCUT2D eigenvalue weighted by atomic mass is 9.84. The Morgan fingerprint density at radius 2 is 2.00 bits per heavy atom. The molecule has 6 bridgehead atoms. The highest BCUT2D eigenvalue weighted by molar-refractivity contribution is 5.80. The van der Waals surface area contributed by atoms with E-state index in [4.69, 9.17) is 9.72 Å². The second-order valence-corrected chi connectivity index (χ2v) is 7.43. The topological polar surface area (TPSA) is 38.6 Å². The molecule has 2 atom stereocenters. The van der Waals surface area contributed by atoms with Gasteiger partial charge in [0.15, 0.2) is 0 Å². The van der Waals surface area contributed by atoms with Gasteiger partial charge in [-0.1, -0.05) is 12.8 Å². The lowest BCUT2D eigenvalue weighted by molar-refractivity contribution is 0.239. The Morgan fingerprint density at radius 3 is 2.96 bits per heavy atom. The van der Waals surface area contributed by atoms with Gasteiger partial charge >= 0.3 is 0 Å². The zero-order valence-electron chi connectivity index (χ0n) is 14.6. The molecule has 1 aliphatic heterocycles. The van der Waals surface area contributed by atoms with Gasteiger partial charge in [0.2, 0.25) is 0 Å². The van der Waals surface area contributed by atoms with Crippen molar-refractivity contribution in [1.29, 1.82) is 0 Å². The van der Waals surface area contributed by atoms with E-state index in [0.29, 0.717) is 24.1 Å². The third kappa shape index (κ3) is 2.81. The van der Waals surface area contributed by atoms with E-state index in [2.05, 4.69) is 5.32 Å². The zero-order chi connectivity index (χ0) is 17.5. The minimum atomic E-state index is -0.255. The van der Waals surface area contributed by atoms with E-state index in [0.717, 1.165) is 35.6 Å². The van der Waals surface area contributed by atoms with Crippen LogP contribution in [0.1, 0.15) is 32.1 Å². The summed E-state index contributed by atoms with van der Waals surface area (Å²) in [6.07, 6.45) is 9.76. The normalized spacial score (nSPS) is 22.5. The Balaban J connectivity index is 1.64. The molecule has 2 aliphatic rings. The average molecular weight is 351 g/mol. The van der Waals surface area contributed by atoms with Crippen LogP contribution in [0.5, 0.6) is 5.75 Å². The molecule has 1 fully saturated rings. The molecule has 1 saturated carbocycles. The number of anilines is 1. The van der Waals surface area contributed by atoms with Crippen molar-refractivity contribution in [2.75, 3.05) is 11.9 Å². The fraction of sp³-hybridized carbons (Fsp3) is 0.381. The number of ether oxygens (including phenoxy) is 1. The van der Waals surface area contributed by atoms with Gasteiger partial charge in [0.1, 0.15) is 23.0 Å². The van der Waals surface area contributed by atoms with Crippen molar-refractivity contribution in [2.45, 2.75) is 38.1 Å². The first kappa shape index (κ1) is 15.7. The maximum atomic E-state index is 14.5. The fourth-order valence-corrected chi connectivity index (χ4v) is 4.31. The van der Waals surface area contributed by atoms with E-state index in [-0.39, 0.29) is 5.82 Å². The number of rotatable bonds is 0. The van der Waals surface area contributed by atoms with Crippen molar-refractivity contribution in [3.05, 3.63) is 48.5 Å². The standard InChI is InChI=1S/C21H22FN3O/c22-19-5-4-16-13-18(19)17-6-9-25-10-7-20(24-21(17)25)23-15-3-1-2-14(12-15)8-11-26-16/h4-7,9-10,13-15H,1-3,8,11-12H2,(H,23,24)/t14?,15-/m1/s1. The summed E-state index contributed by atoms with van der Waals surface area (Å²) < 4.78 is 22.4. The molecular formula is C21H22FN3O. The maximum Gasteiger partial charge on any atom is 0.147 e. The fourth-order valence-electron chi connectivity index (χ4n) is 4.31. The molecule has 3 aromatic rings. The Hall–Kier alpha value is -2.56. The highest BCUT2D eigenvalue weighted by Crippen LogP contribution is 2.33. The van der Waals surface area contributed by atoms with Gasteiger partial charge in [-0.25, -0.2) is 9.37 Å². The lowest BCUT2D eigenvalue weighted by Crippen LogP contribution is -2.28. The van der Waals surface area contributed by atoms with Crippen LogP contribution in [0.25, 0.3) is 16.8 Å². The minimum absolute atomic E-state index is 0.255. The third-order valence-electron chi connectivity index (χ3n) is 5.66. The molecule has 26 heavy (non-hydrogen) atoms. The SMILES string of the molecule is Fc1ccc2cc1-c1ccn3ccc(nc13)N[C@@H]1CCCC(CCO2)C1. The third-order valence-corrected chi connectivity index (χ3v) is 5.66. The molecule has 5 heteroatoms. The summed E-state index contributed by atoms with van der Waals surface area (Å²) in [7, 11) is 0. The molecule has 1 N–H and O–H groups in total. The molecule has 0 radical (unpaired) electrons. The first-order chi connectivity index (χ1) is 12.8. The molecule has 1 aromatic carbocycles. The summed E-state index contributed by atoms with van der Waals surface area (Å²) >= 11 is 0. The van der Waals surface area contributed by atoms with Crippen molar-refractivity contribution in [2.24, 2.45) is 5.92 Å². The Bertz CT molecular complexity index is 952. The smallest absolute Gasteiger partial charge is 0.147 e. The summed E-state index contributed by atoms with van der Waals surface area (Å²) in [5.74, 6) is 2.00. The number of nitrogens with one attached hydrogen (secondary N) is 1. The van der Waals surface area contributed by atoms with Crippen LogP contribution in [0.4, 0.5) is 10.2 Å². The van der Waals surface area contributed by atoms with E-state index >= 15 is 0 Å². The summed E-state index contributed by atoms with van der Waals surface area (Å²) in [5, 5.41) is 3.60. The number of benzene rings is 1. The van der Waals surface area contributed by atoms with Crippen LogP contribution in [0.15, 0.2) is 42.7 Å². The van der Waals surface area contributed by atoms with Gasteiger partial charge in [-0.2, -0.15) is 0 Å². The first-order valence-electron chi connectivity index (χ1n) is 9.43. The van der Waals surface area contributed by atoms with E-state index in [9.17, 15) is 4.39 Å². The van der Waals surface area contributed by atoms with Gasteiger partial charge < -0.3 is 14.5 Å². The largest absolute Gasteiger partial charge is 0.494 e.